The second kappa shape index (κ2) is 5.85. The first kappa shape index (κ1) is 13.6. The Balaban J connectivity index is 1.87. The third kappa shape index (κ3) is 2.75. The maximum atomic E-state index is 4.21. The van der Waals surface area contributed by atoms with Gasteiger partial charge in [0.2, 0.25) is 0 Å². The molecule has 0 radical (unpaired) electrons. The molecular weight excluding hydrogens is 224 g/mol. The minimum absolute atomic E-state index is 0.372. The van der Waals surface area contributed by atoms with Crippen LogP contribution < -0.4 is 5.32 Å². The summed E-state index contributed by atoms with van der Waals surface area (Å²) in [7, 11) is 4.42. The molecule has 0 aromatic carbocycles. The van der Waals surface area contributed by atoms with E-state index in [0.717, 1.165) is 19.6 Å². The Morgan fingerprint density at radius 3 is 2.72 bits per heavy atom. The molecule has 1 aliphatic carbocycles. The Labute approximate surface area is 110 Å². The molecule has 0 aliphatic heterocycles. The number of rotatable bonds is 6. The normalized spacial score (nSPS) is 18.7. The van der Waals surface area contributed by atoms with E-state index in [1.165, 1.54) is 31.4 Å². The SMILES string of the molecule is CCn1cncc1CNCC1(N(C)C)CCCC1. The van der Waals surface area contributed by atoms with Crippen LogP contribution in [0.25, 0.3) is 0 Å². The number of nitrogens with one attached hydrogen (secondary N) is 1. The summed E-state index contributed by atoms with van der Waals surface area (Å²) >= 11 is 0. The van der Waals surface area contributed by atoms with Crippen molar-refractivity contribution in [1.82, 2.24) is 19.8 Å². The standard InChI is InChI=1S/C14H26N4/c1-4-18-12-16-10-13(18)9-15-11-14(17(2)3)7-5-6-8-14/h10,12,15H,4-9,11H2,1-3H3. The zero-order chi connectivity index (χ0) is 13.0. The van der Waals surface area contributed by atoms with Crippen molar-refractivity contribution in [3.05, 3.63) is 18.2 Å². The van der Waals surface area contributed by atoms with Gasteiger partial charge in [-0.15, -0.1) is 0 Å². The minimum atomic E-state index is 0.372. The van der Waals surface area contributed by atoms with Crippen LogP contribution in [0.5, 0.6) is 0 Å². The Hall–Kier alpha value is -0.870. The molecule has 2 rings (SSSR count). The lowest BCUT2D eigenvalue weighted by atomic mass is 9.96. The van der Waals surface area contributed by atoms with Gasteiger partial charge in [0.15, 0.2) is 0 Å². The number of hydrogen-bond acceptors (Lipinski definition) is 3. The Kier molecular flexibility index (Phi) is 4.40. The highest BCUT2D eigenvalue weighted by Gasteiger charge is 2.35. The van der Waals surface area contributed by atoms with E-state index in [1.54, 1.807) is 0 Å². The first-order chi connectivity index (χ1) is 8.68. The molecule has 1 aromatic rings. The number of nitrogens with zero attached hydrogens (tertiary/aromatic N) is 3. The van der Waals surface area contributed by atoms with Gasteiger partial charge in [-0.25, -0.2) is 4.98 Å². The first-order valence-electron chi connectivity index (χ1n) is 7.05. The summed E-state index contributed by atoms with van der Waals surface area (Å²) in [5, 5.41) is 3.62. The summed E-state index contributed by atoms with van der Waals surface area (Å²) in [6.45, 7) is 5.15. The van der Waals surface area contributed by atoms with Crippen LogP contribution in [0.15, 0.2) is 12.5 Å². The van der Waals surface area contributed by atoms with Gasteiger partial charge in [0.25, 0.3) is 0 Å². The fourth-order valence-corrected chi connectivity index (χ4v) is 3.02. The average Bonchev–Trinajstić information content (AvgIpc) is 2.98. The van der Waals surface area contributed by atoms with E-state index in [4.69, 9.17) is 0 Å². The predicted molar refractivity (Wildman–Crippen MR) is 74.5 cm³/mol. The van der Waals surface area contributed by atoms with Crippen LogP contribution in [0.1, 0.15) is 38.3 Å². The summed E-state index contributed by atoms with van der Waals surface area (Å²) in [6, 6.07) is 0. The summed E-state index contributed by atoms with van der Waals surface area (Å²) in [5.74, 6) is 0. The van der Waals surface area contributed by atoms with Crippen LogP contribution in [0.3, 0.4) is 0 Å². The van der Waals surface area contributed by atoms with Crippen LogP contribution in [0.2, 0.25) is 0 Å². The highest BCUT2D eigenvalue weighted by atomic mass is 15.2. The lowest BCUT2D eigenvalue weighted by molar-refractivity contribution is 0.153. The average molecular weight is 250 g/mol. The molecule has 0 saturated heterocycles. The summed E-state index contributed by atoms with van der Waals surface area (Å²) in [5.41, 5.74) is 1.65. The second-order valence-corrected chi connectivity index (χ2v) is 5.60. The van der Waals surface area contributed by atoms with Crippen molar-refractivity contribution in [3.8, 4) is 0 Å². The molecule has 102 valence electrons. The highest BCUT2D eigenvalue weighted by molar-refractivity contribution is 5.00. The molecule has 1 N–H and O–H groups in total. The third-order valence-corrected chi connectivity index (χ3v) is 4.38. The molecule has 1 aliphatic rings. The van der Waals surface area contributed by atoms with Gasteiger partial charge >= 0.3 is 0 Å². The summed E-state index contributed by atoms with van der Waals surface area (Å²) in [6.07, 6.45) is 9.25. The maximum Gasteiger partial charge on any atom is 0.0948 e. The number of imidazole rings is 1. The van der Waals surface area contributed by atoms with Gasteiger partial charge in [0.1, 0.15) is 0 Å². The number of likely N-dealkylation sites (N-methyl/N-ethyl adjacent to an activating group) is 1. The lowest BCUT2D eigenvalue weighted by Gasteiger charge is -2.36. The van der Waals surface area contributed by atoms with Gasteiger partial charge in [0, 0.05) is 31.4 Å². The van der Waals surface area contributed by atoms with Crippen LogP contribution in [0, 0.1) is 0 Å². The summed E-state index contributed by atoms with van der Waals surface area (Å²) < 4.78 is 2.20. The van der Waals surface area contributed by atoms with E-state index in [9.17, 15) is 0 Å². The molecule has 0 spiro atoms. The number of hydrogen-bond donors (Lipinski definition) is 1. The fourth-order valence-electron chi connectivity index (χ4n) is 3.02. The minimum Gasteiger partial charge on any atom is -0.334 e. The van der Waals surface area contributed by atoms with E-state index >= 15 is 0 Å². The van der Waals surface area contributed by atoms with Crippen molar-refractivity contribution in [2.24, 2.45) is 0 Å². The van der Waals surface area contributed by atoms with Gasteiger partial charge in [-0.2, -0.15) is 0 Å². The van der Waals surface area contributed by atoms with E-state index in [0.29, 0.717) is 5.54 Å². The lowest BCUT2D eigenvalue weighted by Crippen LogP contribution is -2.49. The smallest absolute Gasteiger partial charge is 0.0948 e. The molecule has 1 heterocycles. The number of aryl methyl sites for hydroxylation is 1. The fraction of sp³-hybridized carbons (Fsp3) is 0.786. The molecule has 4 nitrogen and oxygen atoms in total. The number of aromatic nitrogens is 2. The van der Waals surface area contributed by atoms with Crippen molar-refractivity contribution in [2.45, 2.75) is 51.2 Å². The van der Waals surface area contributed by atoms with Crippen molar-refractivity contribution >= 4 is 0 Å². The van der Waals surface area contributed by atoms with Crippen molar-refractivity contribution in [1.29, 1.82) is 0 Å². The molecule has 1 aromatic heterocycles. The van der Waals surface area contributed by atoms with Gasteiger partial charge in [-0.05, 0) is 33.9 Å². The van der Waals surface area contributed by atoms with Crippen molar-refractivity contribution in [3.63, 3.8) is 0 Å². The highest BCUT2D eigenvalue weighted by Crippen LogP contribution is 2.33. The zero-order valence-electron chi connectivity index (χ0n) is 11.9. The predicted octanol–water partition coefficient (Wildman–Crippen LogP) is 1.87. The molecule has 0 bridgehead atoms. The van der Waals surface area contributed by atoms with E-state index in [2.05, 4.69) is 40.8 Å². The van der Waals surface area contributed by atoms with E-state index in [-0.39, 0.29) is 0 Å². The van der Waals surface area contributed by atoms with Crippen LogP contribution in [-0.4, -0.2) is 40.6 Å². The second-order valence-electron chi connectivity index (χ2n) is 5.60. The topological polar surface area (TPSA) is 33.1 Å². The zero-order valence-corrected chi connectivity index (χ0v) is 11.9. The molecule has 1 fully saturated rings. The molecule has 0 amide bonds. The molecule has 18 heavy (non-hydrogen) atoms. The maximum absolute atomic E-state index is 4.21. The monoisotopic (exact) mass is 250 g/mol. The molecular formula is C14H26N4. The quantitative estimate of drug-likeness (QED) is 0.836. The molecule has 0 unspecified atom stereocenters. The van der Waals surface area contributed by atoms with Crippen molar-refractivity contribution in [2.75, 3.05) is 20.6 Å². The van der Waals surface area contributed by atoms with Crippen LogP contribution >= 0.6 is 0 Å². The van der Waals surface area contributed by atoms with E-state index in [1.807, 2.05) is 12.5 Å². The molecule has 4 heteroatoms. The molecule has 1 saturated carbocycles. The first-order valence-corrected chi connectivity index (χ1v) is 7.05. The van der Waals surface area contributed by atoms with Gasteiger partial charge < -0.3 is 14.8 Å². The van der Waals surface area contributed by atoms with Gasteiger partial charge in [-0.3, -0.25) is 0 Å². The Morgan fingerprint density at radius 2 is 2.11 bits per heavy atom. The Morgan fingerprint density at radius 1 is 1.39 bits per heavy atom. The van der Waals surface area contributed by atoms with Gasteiger partial charge in [0.05, 0.1) is 12.0 Å². The molecule has 0 atom stereocenters. The Bertz CT molecular complexity index is 364. The summed E-state index contributed by atoms with van der Waals surface area (Å²) in [4.78, 5) is 6.62. The third-order valence-electron chi connectivity index (χ3n) is 4.38. The van der Waals surface area contributed by atoms with Crippen molar-refractivity contribution < 1.29 is 0 Å². The van der Waals surface area contributed by atoms with E-state index < -0.39 is 0 Å². The van der Waals surface area contributed by atoms with Gasteiger partial charge in [-0.1, -0.05) is 12.8 Å². The largest absolute Gasteiger partial charge is 0.334 e. The van der Waals surface area contributed by atoms with Crippen LogP contribution in [-0.2, 0) is 13.1 Å². The van der Waals surface area contributed by atoms with Crippen LogP contribution in [0.4, 0.5) is 0 Å².